The van der Waals surface area contributed by atoms with Crippen molar-refractivity contribution in [1.29, 1.82) is 0 Å². The Hall–Kier alpha value is -2.42. The van der Waals surface area contributed by atoms with Gasteiger partial charge in [0.15, 0.2) is 5.65 Å². The van der Waals surface area contributed by atoms with E-state index in [2.05, 4.69) is 26.1 Å². The van der Waals surface area contributed by atoms with E-state index in [0.29, 0.717) is 37.1 Å². The van der Waals surface area contributed by atoms with E-state index in [4.69, 9.17) is 0 Å². The maximum absolute atomic E-state index is 13.3. The van der Waals surface area contributed by atoms with Crippen LogP contribution < -0.4 is 0 Å². The van der Waals surface area contributed by atoms with Crippen molar-refractivity contribution < 1.29 is 18.0 Å². The number of carbonyl (C=O) groups excluding carboxylic acids is 1. The summed E-state index contributed by atoms with van der Waals surface area (Å²) in [6, 6.07) is 9.24. The summed E-state index contributed by atoms with van der Waals surface area (Å²) in [6.45, 7) is 0.747. The third kappa shape index (κ3) is 3.50. The molecule has 0 spiro atoms. The molecular formula is C19H16BrF3N4O. The van der Waals surface area contributed by atoms with Gasteiger partial charge < -0.3 is 4.90 Å². The molecular weight excluding hydrogens is 437 g/mol. The summed E-state index contributed by atoms with van der Waals surface area (Å²) in [4.78, 5) is 14.5. The Kier molecular flexibility index (Phi) is 4.86. The second-order valence-corrected chi connectivity index (χ2v) is 7.67. The van der Waals surface area contributed by atoms with Gasteiger partial charge in [-0.1, -0.05) is 18.2 Å². The SMILES string of the molecule is O=C(c1nnc2ccc(Br)cn12)N1CCC(c2ccccc2C(F)(F)F)CC1. The Bertz CT molecular complexity index is 1030. The van der Waals surface area contributed by atoms with Crippen LogP contribution in [0.3, 0.4) is 0 Å². The standard InChI is InChI=1S/C19H16BrF3N4O/c20-13-5-6-16-24-25-17(27(16)11-13)18(28)26-9-7-12(8-10-26)14-3-1-2-4-15(14)19(21,22)23/h1-6,11-12H,7-10H2. The molecule has 5 nitrogen and oxygen atoms in total. The van der Waals surface area contributed by atoms with Gasteiger partial charge in [0.25, 0.3) is 5.91 Å². The van der Waals surface area contributed by atoms with Gasteiger partial charge in [-0.15, -0.1) is 10.2 Å². The number of hydrogen-bond acceptors (Lipinski definition) is 3. The highest BCUT2D eigenvalue weighted by atomic mass is 79.9. The van der Waals surface area contributed by atoms with E-state index in [1.165, 1.54) is 12.1 Å². The highest BCUT2D eigenvalue weighted by Crippen LogP contribution is 2.38. The lowest BCUT2D eigenvalue weighted by atomic mass is 9.86. The van der Waals surface area contributed by atoms with Crippen molar-refractivity contribution in [3.63, 3.8) is 0 Å². The smallest absolute Gasteiger partial charge is 0.336 e. The van der Waals surface area contributed by atoms with Crippen LogP contribution in [-0.2, 0) is 6.18 Å². The molecule has 0 radical (unpaired) electrons. The lowest BCUT2D eigenvalue weighted by Crippen LogP contribution is -2.39. The van der Waals surface area contributed by atoms with Gasteiger partial charge in [0.1, 0.15) is 0 Å². The van der Waals surface area contributed by atoms with Crippen molar-refractivity contribution in [2.45, 2.75) is 24.9 Å². The number of rotatable bonds is 2. The molecule has 1 fully saturated rings. The monoisotopic (exact) mass is 452 g/mol. The first kappa shape index (κ1) is 18.9. The molecule has 3 heterocycles. The number of fused-ring (bicyclic) bond motifs is 1. The summed E-state index contributed by atoms with van der Waals surface area (Å²) < 4.78 is 42.3. The highest BCUT2D eigenvalue weighted by Gasteiger charge is 2.36. The van der Waals surface area contributed by atoms with Gasteiger partial charge in [0.2, 0.25) is 5.82 Å². The van der Waals surface area contributed by atoms with Crippen molar-refractivity contribution in [1.82, 2.24) is 19.5 Å². The summed E-state index contributed by atoms with van der Waals surface area (Å²) in [5.74, 6) is -0.301. The average molecular weight is 453 g/mol. The molecule has 3 aromatic rings. The van der Waals surface area contributed by atoms with Crippen molar-refractivity contribution in [3.8, 4) is 0 Å². The summed E-state index contributed by atoms with van der Waals surface area (Å²) in [5, 5.41) is 7.98. The van der Waals surface area contributed by atoms with Crippen molar-refractivity contribution in [3.05, 3.63) is 64.0 Å². The lowest BCUT2D eigenvalue weighted by Gasteiger charge is -2.32. The topological polar surface area (TPSA) is 50.5 Å². The highest BCUT2D eigenvalue weighted by molar-refractivity contribution is 9.10. The number of carbonyl (C=O) groups is 1. The molecule has 9 heteroatoms. The maximum Gasteiger partial charge on any atom is 0.416 e. The third-order valence-corrected chi connectivity index (χ3v) is 5.51. The quantitative estimate of drug-likeness (QED) is 0.573. The molecule has 28 heavy (non-hydrogen) atoms. The van der Waals surface area contributed by atoms with E-state index in [-0.39, 0.29) is 17.6 Å². The molecule has 146 valence electrons. The number of likely N-dealkylation sites (tertiary alicyclic amines) is 1. The molecule has 2 aromatic heterocycles. The normalized spacial score (nSPS) is 15.9. The second kappa shape index (κ2) is 7.20. The van der Waals surface area contributed by atoms with E-state index in [0.717, 1.165) is 10.5 Å². The lowest BCUT2D eigenvalue weighted by molar-refractivity contribution is -0.138. The predicted molar refractivity (Wildman–Crippen MR) is 100 cm³/mol. The minimum Gasteiger partial charge on any atom is -0.336 e. The number of nitrogens with zero attached hydrogens (tertiary/aromatic N) is 4. The van der Waals surface area contributed by atoms with Gasteiger partial charge in [-0.2, -0.15) is 13.2 Å². The van der Waals surface area contributed by atoms with E-state index >= 15 is 0 Å². The van der Waals surface area contributed by atoms with Crippen LogP contribution in [0, 0.1) is 0 Å². The Labute approximate surface area is 167 Å². The molecule has 1 aliphatic heterocycles. The largest absolute Gasteiger partial charge is 0.416 e. The first-order chi connectivity index (χ1) is 13.3. The fourth-order valence-corrected chi connectivity index (χ4v) is 3.99. The number of hydrogen-bond donors (Lipinski definition) is 0. The molecule has 1 aromatic carbocycles. The first-order valence-corrected chi connectivity index (χ1v) is 9.59. The van der Waals surface area contributed by atoms with Crippen LogP contribution in [0.25, 0.3) is 5.65 Å². The van der Waals surface area contributed by atoms with Crippen LogP contribution in [0.5, 0.6) is 0 Å². The van der Waals surface area contributed by atoms with Crippen molar-refractivity contribution >= 4 is 27.5 Å². The van der Waals surface area contributed by atoms with E-state index < -0.39 is 11.7 Å². The number of alkyl halides is 3. The molecule has 0 saturated carbocycles. The Morgan fingerprint density at radius 1 is 1.07 bits per heavy atom. The van der Waals surface area contributed by atoms with Gasteiger partial charge in [-0.3, -0.25) is 9.20 Å². The molecule has 1 amide bonds. The first-order valence-electron chi connectivity index (χ1n) is 8.80. The summed E-state index contributed by atoms with van der Waals surface area (Å²) in [5.41, 5.74) is 0.271. The fourth-order valence-electron chi connectivity index (χ4n) is 3.66. The van der Waals surface area contributed by atoms with Crippen molar-refractivity contribution in [2.24, 2.45) is 0 Å². The van der Waals surface area contributed by atoms with E-state index in [9.17, 15) is 18.0 Å². The average Bonchev–Trinajstić information content (AvgIpc) is 3.10. The zero-order valence-corrected chi connectivity index (χ0v) is 16.2. The molecule has 0 unspecified atom stereocenters. The minimum atomic E-state index is -4.38. The van der Waals surface area contributed by atoms with Gasteiger partial charge >= 0.3 is 6.18 Å². The Balaban J connectivity index is 1.52. The van der Waals surface area contributed by atoms with Crippen LogP contribution in [0.4, 0.5) is 13.2 Å². The van der Waals surface area contributed by atoms with E-state index in [1.54, 1.807) is 27.6 Å². The summed E-state index contributed by atoms with van der Waals surface area (Å²) >= 11 is 3.36. The minimum absolute atomic E-state index is 0.199. The zero-order chi connectivity index (χ0) is 19.9. The van der Waals surface area contributed by atoms with Gasteiger partial charge in [0, 0.05) is 23.8 Å². The van der Waals surface area contributed by atoms with Crippen LogP contribution in [0.2, 0.25) is 0 Å². The van der Waals surface area contributed by atoms with Gasteiger partial charge in [-0.05, 0) is 58.5 Å². The Morgan fingerprint density at radius 2 is 1.79 bits per heavy atom. The number of amides is 1. The van der Waals surface area contributed by atoms with E-state index in [1.807, 2.05) is 6.07 Å². The van der Waals surface area contributed by atoms with Crippen LogP contribution in [0.15, 0.2) is 47.1 Å². The zero-order valence-electron chi connectivity index (χ0n) is 14.7. The van der Waals surface area contributed by atoms with Crippen LogP contribution >= 0.6 is 15.9 Å². The molecule has 0 bridgehead atoms. The number of aromatic nitrogens is 3. The number of pyridine rings is 1. The molecule has 0 atom stereocenters. The second-order valence-electron chi connectivity index (χ2n) is 6.75. The van der Waals surface area contributed by atoms with Crippen LogP contribution in [0.1, 0.15) is 40.5 Å². The fraction of sp³-hybridized carbons (Fsp3) is 0.316. The maximum atomic E-state index is 13.3. The number of halogens is 4. The third-order valence-electron chi connectivity index (χ3n) is 5.05. The summed E-state index contributed by atoms with van der Waals surface area (Å²) in [7, 11) is 0. The van der Waals surface area contributed by atoms with Crippen LogP contribution in [-0.4, -0.2) is 38.5 Å². The number of benzene rings is 1. The molecule has 1 aliphatic rings. The number of piperidine rings is 1. The molecule has 4 rings (SSSR count). The molecule has 0 aliphatic carbocycles. The molecule has 1 saturated heterocycles. The van der Waals surface area contributed by atoms with Crippen molar-refractivity contribution in [2.75, 3.05) is 13.1 Å². The predicted octanol–water partition coefficient (Wildman–Crippen LogP) is 4.53. The van der Waals surface area contributed by atoms with Gasteiger partial charge in [-0.25, -0.2) is 0 Å². The summed E-state index contributed by atoms with van der Waals surface area (Å²) in [6.07, 6.45) is -1.72. The molecule has 0 N–H and O–H groups in total. The van der Waals surface area contributed by atoms with Gasteiger partial charge in [0.05, 0.1) is 5.56 Å². The Morgan fingerprint density at radius 3 is 2.50 bits per heavy atom.